The summed E-state index contributed by atoms with van der Waals surface area (Å²) < 4.78 is 27.6. The summed E-state index contributed by atoms with van der Waals surface area (Å²) in [6.45, 7) is 5.88. The molecule has 3 aromatic rings. The third kappa shape index (κ3) is 5.25. The highest BCUT2D eigenvalue weighted by Gasteiger charge is 2.23. The molecule has 2 aromatic heterocycles. The van der Waals surface area contributed by atoms with E-state index in [0.717, 1.165) is 28.2 Å². The number of nitrogens with zero attached hydrogens (tertiary/aromatic N) is 4. The highest BCUT2D eigenvalue weighted by molar-refractivity contribution is 8.01. The molecule has 0 atom stereocenters. The van der Waals surface area contributed by atoms with Crippen LogP contribution in [0.1, 0.15) is 29.8 Å². The van der Waals surface area contributed by atoms with Gasteiger partial charge < -0.3 is 0 Å². The van der Waals surface area contributed by atoms with Crippen LogP contribution in [-0.2, 0) is 10.0 Å². The van der Waals surface area contributed by atoms with E-state index in [4.69, 9.17) is 0 Å². The summed E-state index contributed by atoms with van der Waals surface area (Å²) in [7, 11) is -3.97. The Hall–Kier alpha value is -2.09. The van der Waals surface area contributed by atoms with Crippen molar-refractivity contribution < 1.29 is 13.2 Å². The Morgan fingerprint density at radius 3 is 2.57 bits per heavy atom. The summed E-state index contributed by atoms with van der Waals surface area (Å²) in [5, 5.41) is 18.2. The van der Waals surface area contributed by atoms with Gasteiger partial charge in [-0.2, -0.15) is 8.42 Å². The van der Waals surface area contributed by atoms with Crippen molar-refractivity contribution in [3.05, 3.63) is 35.4 Å². The number of aryl methyl sites for hydroxylation is 1. The second kappa shape index (κ2) is 8.51. The number of benzene rings is 1. The van der Waals surface area contributed by atoms with Gasteiger partial charge in [0.1, 0.15) is 0 Å². The maximum absolute atomic E-state index is 12.5. The minimum Gasteiger partial charge on any atom is -0.296 e. The first kappa shape index (κ1) is 20.6. The average molecular weight is 457 g/mol. The minimum absolute atomic E-state index is 0.0835. The fraction of sp³-hybridized carbons (Fsp3) is 0.267. The van der Waals surface area contributed by atoms with Crippen LogP contribution < -0.4 is 10.0 Å². The molecule has 2 N–H and O–H groups in total. The molecule has 0 saturated carbocycles. The van der Waals surface area contributed by atoms with Crippen LogP contribution in [0.2, 0.25) is 0 Å². The predicted octanol–water partition coefficient (Wildman–Crippen LogP) is 3.25. The van der Waals surface area contributed by atoms with Crippen molar-refractivity contribution in [2.45, 2.75) is 34.7 Å². The zero-order chi connectivity index (χ0) is 20.3. The molecule has 9 nitrogen and oxygen atoms in total. The summed E-state index contributed by atoms with van der Waals surface area (Å²) in [6.07, 6.45) is 0. The number of hydrogen-bond donors (Lipinski definition) is 2. The van der Waals surface area contributed by atoms with Gasteiger partial charge in [0.25, 0.3) is 20.3 Å². The topological polar surface area (TPSA) is 127 Å². The van der Waals surface area contributed by atoms with Gasteiger partial charge in [-0.15, -0.1) is 20.4 Å². The molecule has 0 fully saturated rings. The first-order valence-electron chi connectivity index (χ1n) is 7.97. The third-order valence-corrected chi connectivity index (χ3v) is 7.70. The quantitative estimate of drug-likeness (QED) is 0.410. The van der Waals surface area contributed by atoms with Gasteiger partial charge in [-0.05, 0) is 19.1 Å². The van der Waals surface area contributed by atoms with Gasteiger partial charge in [0.15, 0.2) is 4.34 Å². The average Bonchev–Trinajstić information content (AvgIpc) is 3.24. The summed E-state index contributed by atoms with van der Waals surface area (Å²) >= 11 is 3.37. The van der Waals surface area contributed by atoms with E-state index >= 15 is 0 Å². The van der Waals surface area contributed by atoms with E-state index in [2.05, 4.69) is 30.4 Å². The van der Waals surface area contributed by atoms with Crippen LogP contribution >= 0.6 is 34.4 Å². The Kier molecular flexibility index (Phi) is 6.27. The molecule has 2 heterocycles. The van der Waals surface area contributed by atoms with E-state index in [1.165, 1.54) is 11.8 Å². The lowest BCUT2D eigenvalue weighted by molar-refractivity contribution is 0.102. The number of amides is 1. The Morgan fingerprint density at radius 1 is 1.11 bits per heavy atom. The molecule has 28 heavy (non-hydrogen) atoms. The second-order valence-corrected chi connectivity index (χ2v) is 11.5. The fourth-order valence-electron chi connectivity index (χ4n) is 1.98. The summed E-state index contributed by atoms with van der Waals surface area (Å²) in [4.78, 5) is 12.3. The van der Waals surface area contributed by atoms with Gasteiger partial charge in [0.05, 0.1) is 0 Å². The number of anilines is 2. The summed E-state index contributed by atoms with van der Waals surface area (Å²) in [6, 6.07) is 7.01. The summed E-state index contributed by atoms with van der Waals surface area (Å²) in [5.41, 5.74) is 1.38. The number of aromatic nitrogens is 4. The number of sulfonamides is 1. The molecule has 0 aliphatic heterocycles. The molecule has 13 heteroatoms. The molecule has 0 radical (unpaired) electrons. The van der Waals surface area contributed by atoms with E-state index in [9.17, 15) is 13.2 Å². The molecule has 1 amide bonds. The zero-order valence-corrected chi connectivity index (χ0v) is 18.3. The van der Waals surface area contributed by atoms with Crippen LogP contribution in [0.15, 0.2) is 32.9 Å². The molecule has 0 spiro atoms. The molecule has 1 aromatic carbocycles. The Labute approximate surface area is 174 Å². The first-order valence-corrected chi connectivity index (χ1v) is 12.0. The summed E-state index contributed by atoms with van der Waals surface area (Å²) in [5.74, 6) is -0.392. The van der Waals surface area contributed by atoms with Crippen LogP contribution in [0.25, 0.3) is 0 Å². The van der Waals surface area contributed by atoms with Crippen LogP contribution in [0.4, 0.5) is 10.3 Å². The van der Waals surface area contributed by atoms with Gasteiger partial charge in [0.2, 0.25) is 10.3 Å². The SMILES string of the molecule is Cc1cccc(C(=O)Nc2nnc(S(=O)(=O)Nc3nnc(SC(C)C)s3)s2)c1. The molecular weight excluding hydrogens is 440 g/mol. The van der Waals surface area contributed by atoms with Crippen LogP contribution in [-0.4, -0.2) is 40.0 Å². The van der Waals surface area contributed by atoms with Crippen LogP contribution in [0.3, 0.4) is 0 Å². The lowest BCUT2D eigenvalue weighted by atomic mass is 10.1. The Morgan fingerprint density at radius 2 is 1.86 bits per heavy atom. The molecule has 0 bridgehead atoms. The number of carbonyl (C=O) groups is 1. The standard InChI is InChI=1S/C15H16N6O3S4/c1-8(2)25-14-19-18-13(26-14)21-28(23,24)15-20-17-12(27-15)16-11(22)10-6-4-5-9(3)7-10/h4-8H,1-3H3,(H,18,21)(H,16,17,22). The van der Waals surface area contributed by atoms with Gasteiger partial charge in [-0.25, -0.2) is 0 Å². The maximum atomic E-state index is 12.5. The molecule has 3 rings (SSSR count). The maximum Gasteiger partial charge on any atom is 0.293 e. The monoisotopic (exact) mass is 456 g/mol. The van der Waals surface area contributed by atoms with Gasteiger partial charge in [0, 0.05) is 10.8 Å². The van der Waals surface area contributed by atoms with Crippen molar-refractivity contribution in [1.82, 2.24) is 20.4 Å². The van der Waals surface area contributed by atoms with Gasteiger partial charge in [-0.3, -0.25) is 14.8 Å². The van der Waals surface area contributed by atoms with Gasteiger partial charge >= 0.3 is 0 Å². The second-order valence-electron chi connectivity index (χ2n) is 5.84. The first-order chi connectivity index (χ1) is 13.2. The van der Waals surface area contributed by atoms with E-state index in [0.29, 0.717) is 15.2 Å². The van der Waals surface area contributed by atoms with Crippen molar-refractivity contribution in [1.29, 1.82) is 0 Å². The van der Waals surface area contributed by atoms with E-state index < -0.39 is 15.9 Å². The lowest BCUT2D eigenvalue weighted by Gasteiger charge is -2.02. The lowest BCUT2D eigenvalue weighted by Crippen LogP contribution is -2.12. The van der Waals surface area contributed by atoms with Crippen LogP contribution in [0, 0.1) is 6.92 Å². The number of nitrogens with one attached hydrogen (secondary N) is 2. The number of rotatable bonds is 7. The predicted molar refractivity (Wildman–Crippen MR) is 111 cm³/mol. The molecule has 0 aliphatic carbocycles. The third-order valence-electron chi connectivity index (χ3n) is 3.10. The van der Waals surface area contributed by atoms with Crippen molar-refractivity contribution >= 4 is 60.6 Å². The van der Waals surface area contributed by atoms with Gasteiger partial charge in [-0.1, -0.05) is 66.0 Å². The smallest absolute Gasteiger partial charge is 0.293 e. The molecular formula is C15H16N6O3S4. The Balaban J connectivity index is 1.69. The number of carbonyl (C=O) groups excluding carboxylic acids is 1. The molecule has 0 aliphatic rings. The van der Waals surface area contributed by atoms with Crippen molar-refractivity contribution in [3.8, 4) is 0 Å². The molecule has 148 valence electrons. The Bertz CT molecular complexity index is 1090. The highest BCUT2D eigenvalue weighted by Crippen LogP contribution is 2.30. The zero-order valence-electron chi connectivity index (χ0n) is 15.0. The minimum atomic E-state index is -3.97. The largest absolute Gasteiger partial charge is 0.296 e. The number of thioether (sulfide) groups is 1. The van der Waals surface area contributed by atoms with E-state index in [-0.39, 0.29) is 14.6 Å². The van der Waals surface area contributed by atoms with Crippen molar-refractivity contribution in [3.63, 3.8) is 0 Å². The van der Waals surface area contributed by atoms with Crippen molar-refractivity contribution in [2.75, 3.05) is 10.0 Å². The molecule has 0 saturated heterocycles. The number of hydrogen-bond acceptors (Lipinski definition) is 10. The molecule has 0 unspecified atom stereocenters. The van der Waals surface area contributed by atoms with E-state index in [1.54, 1.807) is 18.2 Å². The normalized spacial score (nSPS) is 11.6. The van der Waals surface area contributed by atoms with Crippen molar-refractivity contribution in [2.24, 2.45) is 0 Å². The van der Waals surface area contributed by atoms with E-state index in [1.807, 2.05) is 26.8 Å². The van der Waals surface area contributed by atoms with Crippen LogP contribution in [0.5, 0.6) is 0 Å². The fourth-order valence-corrected chi connectivity index (χ4v) is 6.09. The highest BCUT2D eigenvalue weighted by atomic mass is 32.2.